The molecule has 3 rings (SSSR count). The van der Waals surface area contributed by atoms with Gasteiger partial charge in [-0.15, -0.1) is 0 Å². The fraction of sp³-hybridized carbons (Fsp3) is 0.250. The minimum atomic E-state index is -0.589. The van der Waals surface area contributed by atoms with Crippen LogP contribution in [-0.2, 0) is 0 Å². The van der Waals surface area contributed by atoms with Crippen molar-refractivity contribution in [3.63, 3.8) is 0 Å². The maximum Gasteiger partial charge on any atom is 0.293 e. The number of nitro groups is 1. The second-order valence-corrected chi connectivity index (χ2v) is 6.23. The Morgan fingerprint density at radius 2 is 1.85 bits per heavy atom. The molecule has 2 aromatic rings. The maximum atomic E-state index is 13.6. The predicted molar refractivity (Wildman–Crippen MR) is 98.9 cm³/mol. The number of nitro benzene ring substituents is 1. The normalized spacial score (nSPS) is 14.6. The lowest BCUT2D eigenvalue weighted by molar-refractivity contribution is -0.384. The van der Waals surface area contributed by atoms with Crippen molar-refractivity contribution in [3.8, 4) is 0 Å². The zero-order chi connectivity index (χ0) is 18.5. The third kappa shape index (κ3) is 3.96. The molecule has 5 nitrogen and oxygen atoms in total. The first kappa shape index (κ1) is 17.8. The summed E-state index contributed by atoms with van der Waals surface area (Å²) in [5.74, 6) is -1.07. The molecule has 0 spiro atoms. The highest BCUT2D eigenvalue weighted by Crippen LogP contribution is 2.31. The van der Waals surface area contributed by atoms with Gasteiger partial charge in [0.2, 0.25) is 0 Å². The lowest BCUT2D eigenvalue weighted by atomic mass is 10.1. The second kappa shape index (κ2) is 7.91. The molecule has 26 heavy (non-hydrogen) atoms. The van der Waals surface area contributed by atoms with Gasteiger partial charge in [-0.1, -0.05) is 24.3 Å². The van der Waals surface area contributed by atoms with Gasteiger partial charge in [-0.3, -0.25) is 14.9 Å². The molecule has 1 aliphatic rings. The number of anilines is 1. The summed E-state index contributed by atoms with van der Waals surface area (Å²) < 4.78 is 13.6. The number of nitrogens with zero attached hydrogens (tertiary/aromatic N) is 2. The van der Waals surface area contributed by atoms with E-state index >= 15 is 0 Å². The Labute approximate surface area is 150 Å². The van der Waals surface area contributed by atoms with E-state index < -0.39 is 16.5 Å². The quantitative estimate of drug-likeness (QED) is 0.340. The van der Waals surface area contributed by atoms with E-state index in [1.807, 2.05) is 4.90 Å². The van der Waals surface area contributed by atoms with Gasteiger partial charge >= 0.3 is 0 Å². The summed E-state index contributed by atoms with van der Waals surface area (Å²) in [6.07, 6.45) is 5.90. The van der Waals surface area contributed by atoms with Crippen molar-refractivity contribution in [3.05, 3.63) is 75.6 Å². The van der Waals surface area contributed by atoms with Crippen LogP contribution in [0.2, 0.25) is 0 Å². The highest BCUT2D eigenvalue weighted by atomic mass is 19.1. The van der Waals surface area contributed by atoms with Gasteiger partial charge in [-0.25, -0.2) is 4.39 Å². The number of carbonyl (C=O) groups excluding carboxylic acids is 1. The zero-order valence-electron chi connectivity index (χ0n) is 14.2. The van der Waals surface area contributed by atoms with Gasteiger partial charge in [0.05, 0.1) is 10.5 Å². The highest BCUT2D eigenvalue weighted by Gasteiger charge is 2.21. The van der Waals surface area contributed by atoms with Crippen LogP contribution >= 0.6 is 0 Å². The number of rotatable bonds is 5. The summed E-state index contributed by atoms with van der Waals surface area (Å²) in [5.41, 5.74) is 1.13. The molecule has 134 valence electrons. The summed E-state index contributed by atoms with van der Waals surface area (Å²) in [4.78, 5) is 25.2. The Hall–Kier alpha value is -3.02. The average molecular weight is 354 g/mol. The Morgan fingerprint density at radius 3 is 2.54 bits per heavy atom. The summed E-state index contributed by atoms with van der Waals surface area (Å²) in [6.45, 7) is 1.61. The van der Waals surface area contributed by atoms with Gasteiger partial charge in [0.25, 0.3) is 5.69 Å². The smallest absolute Gasteiger partial charge is 0.293 e. The molecule has 0 radical (unpaired) electrons. The third-order valence-corrected chi connectivity index (χ3v) is 4.46. The van der Waals surface area contributed by atoms with E-state index in [2.05, 4.69) is 0 Å². The van der Waals surface area contributed by atoms with Crippen LogP contribution < -0.4 is 4.90 Å². The largest absolute Gasteiger partial charge is 0.366 e. The molecule has 1 heterocycles. The Kier molecular flexibility index (Phi) is 5.41. The average Bonchev–Trinajstić information content (AvgIpc) is 2.67. The van der Waals surface area contributed by atoms with Gasteiger partial charge in [0, 0.05) is 19.2 Å². The number of allylic oxidation sites excluding steroid dienone is 1. The topological polar surface area (TPSA) is 63.5 Å². The number of benzene rings is 2. The van der Waals surface area contributed by atoms with Gasteiger partial charge in [-0.2, -0.15) is 0 Å². The van der Waals surface area contributed by atoms with Crippen LogP contribution in [0.4, 0.5) is 15.8 Å². The van der Waals surface area contributed by atoms with Crippen LogP contribution in [0.25, 0.3) is 6.08 Å². The fourth-order valence-corrected chi connectivity index (χ4v) is 3.12. The van der Waals surface area contributed by atoms with E-state index in [1.165, 1.54) is 36.4 Å². The lowest BCUT2D eigenvalue weighted by Gasteiger charge is -2.28. The van der Waals surface area contributed by atoms with E-state index in [4.69, 9.17) is 0 Å². The van der Waals surface area contributed by atoms with Gasteiger partial charge < -0.3 is 4.90 Å². The SMILES string of the molecule is O=C(/C=C/c1ccc(N2CCCCC2)c([N+](=O)[O-])c1)c1ccccc1F. The molecule has 1 saturated heterocycles. The maximum absolute atomic E-state index is 13.6. The first-order valence-corrected chi connectivity index (χ1v) is 8.56. The Morgan fingerprint density at radius 1 is 1.12 bits per heavy atom. The van der Waals surface area contributed by atoms with Gasteiger partial charge in [0.1, 0.15) is 11.5 Å². The lowest BCUT2D eigenvalue weighted by Crippen LogP contribution is -2.29. The van der Waals surface area contributed by atoms with Crippen molar-refractivity contribution >= 4 is 23.2 Å². The van der Waals surface area contributed by atoms with Crippen molar-refractivity contribution in [2.24, 2.45) is 0 Å². The summed E-state index contributed by atoms with van der Waals surface area (Å²) in [5, 5.41) is 11.5. The standard InChI is InChI=1S/C20H19FN2O3/c21-17-7-3-2-6-16(17)20(24)11-9-15-8-10-18(19(14-15)23(25)26)22-12-4-1-5-13-22/h2-3,6-11,14H,1,4-5,12-13H2/b11-9+. The van der Waals surface area contributed by atoms with Crippen LogP contribution in [0.1, 0.15) is 35.2 Å². The molecular formula is C20H19FN2O3. The monoisotopic (exact) mass is 354 g/mol. The fourth-order valence-electron chi connectivity index (χ4n) is 3.12. The molecule has 0 unspecified atom stereocenters. The van der Waals surface area contributed by atoms with E-state index in [0.717, 1.165) is 32.4 Å². The summed E-state index contributed by atoms with van der Waals surface area (Å²) in [6, 6.07) is 10.6. The molecule has 0 bridgehead atoms. The van der Waals surface area contributed by atoms with Crippen molar-refractivity contribution in [1.29, 1.82) is 0 Å². The molecule has 1 aliphatic heterocycles. The minimum Gasteiger partial charge on any atom is -0.366 e. The van der Waals surface area contributed by atoms with Crippen molar-refractivity contribution in [1.82, 2.24) is 0 Å². The molecule has 0 amide bonds. The summed E-state index contributed by atoms with van der Waals surface area (Å²) in [7, 11) is 0. The number of hydrogen-bond acceptors (Lipinski definition) is 4. The van der Waals surface area contributed by atoms with Crippen LogP contribution in [0, 0.1) is 15.9 Å². The van der Waals surface area contributed by atoms with Crippen LogP contribution in [0.3, 0.4) is 0 Å². The molecule has 6 heteroatoms. The number of hydrogen-bond donors (Lipinski definition) is 0. The third-order valence-electron chi connectivity index (χ3n) is 4.46. The van der Waals surface area contributed by atoms with Gasteiger partial charge in [0.15, 0.2) is 5.78 Å². The second-order valence-electron chi connectivity index (χ2n) is 6.23. The Bertz CT molecular complexity index is 858. The first-order valence-electron chi connectivity index (χ1n) is 8.56. The van der Waals surface area contributed by atoms with Crippen molar-refractivity contribution in [2.45, 2.75) is 19.3 Å². The van der Waals surface area contributed by atoms with Gasteiger partial charge in [-0.05, 0) is 49.1 Å². The van der Waals surface area contributed by atoms with E-state index in [-0.39, 0.29) is 11.3 Å². The molecule has 1 fully saturated rings. The Balaban J connectivity index is 1.84. The van der Waals surface area contributed by atoms with Crippen molar-refractivity contribution in [2.75, 3.05) is 18.0 Å². The van der Waals surface area contributed by atoms with E-state index in [0.29, 0.717) is 11.3 Å². The zero-order valence-corrected chi connectivity index (χ0v) is 14.2. The molecule has 0 aliphatic carbocycles. The number of halogens is 1. The summed E-state index contributed by atoms with van der Waals surface area (Å²) >= 11 is 0. The number of carbonyl (C=O) groups is 1. The first-order chi connectivity index (χ1) is 12.6. The molecule has 0 saturated carbocycles. The molecule has 2 aromatic carbocycles. The minimum absolute atomic E-state index is 0.0207. The number of ketones is 1. The molecule has 0 aromatic heterocycles. The van der Waals surface area contributed by atoms with E-state index in [9.17, 15) is 19.3 Å². The molecule has 0 N–H and O–H groups in total. The molecule has 0 atom stereocenters. The van der Waals surface area contributed by atoms with Crippen LogP contribution in [0.5, 0.6) is 0 Å². The van der Waals surface area contributed by atoms with Crippen LogP contribution in [-0.4, -0.2) is 23.8 Å². The highest BCUT2D eigenvalue weighted by molar-refractivity contribution is 6.07. The molecular weight excluding hydrogens is 335 g/mol. The van der Waals surface area contributed by atoms with Crippen LogP contribution in [0.15, 0.2) is 48.5 Å². The van der Waals surface area contributed by atoms with E-state index in [1.54, 1.807) is 18.2 Å². The predicted octanol–water partition coefficient (Wildman–Crippen LogP) is 4.62. The number of piperidine rings is 1. The van der Waals surface area contributed by atoms with Crippen molar-refractivity contribution < 1.29 is 14.1 Å².